The predicted octanol–water partition coefficient (Wildman–Crippen LogP) is 2.39. The summed E-state index contributed by atoms with van der Waals surface area (Å²) in [6.45, 7) is -1.66. The normalized spacial score (nSPS) is 11.5. The first kappa shape index (κ1) is 17.9. The summed E-state index contributed by atoms with van der Waals surface area (Å²) in [5, 5.41) is 17.9. The van der Waals surface area contributed by atoms with Gasteiger partial charge in [-0.15, -0.1) is 0 Å². The zero-order valence-corrected chi connectivity index (χ0v) is 13.3. The van der Waals surface area contributed by atoms with E-state index in [4.69, 9.17) is 10.2 Å². The molecule has 0 aliphatic carbocycles. The molecule has 0 aliphatic rings. The van der Waals surface area contributed by atoms with Gasteiger partial charge in [-0.2, -0.15) is 13.2 Å². The van der Waals surface area contributed by atoms with Crippen LogP contribution in [-0.4, -0.2) is 45.2 Å². The second kappa shape index (κ2) is 6.59. The van der Waals surface area contributed by atoms with Crippen molar-refractivity contribution in [2.75, 3.05) is 18.0 Å². The topological polar surface area (TPSA) is 104 Å². The minimum absolute atomic E-state index is 0.0868. The molecule has 0 saturated heterocycles. The Balaban J connectivity index is 2.73. The molecule has 0 unspecified atom stereocenters. The van der Waals surface area contributed by atoms with Gasteiger partial charge in [-0.1, -0.05) is 15.9 Å². The number of benzene rings is 1. The van der Waals surface area contributed by atoms with Gasteiger partial charge in [0.1, 0.15) is 18.9 Å². The second-order valence-electron chi connectivity index (χ2n) is 4.67. The molecule has 128 valence electrons. The minimum atomic E-state index is -4.87. The van der Waals surface area contributed by atoms with Crippen LogP contribution >= 0.6 is 15.9 Å². The van der Waals surface area contributed by atoms with Crippen LogP contribution in [0.1, 0.15) is 5.82 Å². The Kier molecular flexibility index (Phi) is 4.92. The summed E-state index contributed by atoms with van der Waals surface area (Å²) in [6.07, 6.45) is -4.87. The molecular weight excluding hydrogens is 399 g/mol. The number of fused-ring (bicyclic) bond motifs is 1. The third-order valence-electron chi connectivity index (χ3n) is 2.84. The quantitative estimate of drug-likeness (QED) is 0.783. The Morgan fingerprint density at radius 2 is 1.71 bits per heavy atom. The molecule has 11 heteroatoms. The van der Waals surface area contributed by atoms with Crippen molar-refractivity contribution in [3.05, 3.63) is 28.5 Å². The first-order valence-corrected chi connectivity index (χ1v) is 7.10. The summed E-state index contributed by atoms with van der Waals surface area (Å²) in [4.78, 5) is 29.4. The number of carboxylic acids is 2. The first-order valence-electron chi connectivity index (χ1n) is 6.31. The van der Waals surface area contributed by atoms with Crippen molar-refractivity contribution in [3.8, 4) is 0 Å². The summed E-state index contributed by atoms with van der Waals surface area (Å²) < 4.78 is 39.4. The van der Waals surface area contributed by atoms with Crippen LogP contribution in [0.2, 0.25) is 0 Å². The Morgan fingerprint density at radius 1 is 1.12 bits per heavy atom. The molecule has 24 heavy (non-hydrogen) atoms. The van der Waals surface area contributed by atoms with Crippen molar-refractivity contribution in [1.29, 1.82) is 0 Å². The van der Waals surface area contributed by atoms with Crippen molar-refractivity contribution in [1.82, 2.24) is 9.97 Å². The Bertz CT molecular complexity index is 797. The summed E-state index contributed by atoms with van der Waals surface area (Å²) in [5.41, 5.74) is -0.0868. The number of alkyl halides is 3. The van der Waals surface area contributed by atoms with E-state index in [-0.39, 0.29) is 10.9 Å². The van der Waals surface area contributed by atoms with Gasteiger partial charge < -0.3 is 15.1 Å². The van der Waals surface area contributed by atoms with Crippen LogP contribution in [0.5, 0.6) is 0 Å². The number of rotatable bonds is 5. The average Bonchev–Trinajstić information content (AvgIpc) is 2.43. The van der Waals surface area contributed by atoms with Gasteiger partial charge in [-0.3, -0.25) is 9.59 Å². The zero-order valence-electron chi connectivity index (χ0n) is 11.7. The van der Waals surface area contributed by atoms with E-state index in [9.17, 15) is 22.8 Å². The van der Waals surface area contributed by atoms with E-state index < -0.39 is 42.8 Å². The highest BCUT2D eigenvalue weighted by Crippen LogP contribution is 2.32. The highest BCUT2D eigenvalue weighted by atomic mass is 79.9. The molecule has 1 aromatic carbocycles. The monoisotopic (exact) mass is 407 g/mol. The van der Waals surface area contributed by atoms with Gasteiger partial charge in [0.25, 0.3) is 0 Å². The summed E-state index contributed by atoms with van der Waals surface area (Å²) in [5.74, 6) is -4.72. The Morgan fingerprint density at radius 3 is 2.21 bits per heavy atom. The standard InChI is InChI=1S/C13H9BrF3N3O4/c14-6-1-2-8-7(3-6)11(19-12(18-8)13(15,16)17)20(4-9(21)22)5-10(23)24/h1-3H,4-5H2,(H,21,22)(H,23,24). The van der Waals surface area contributed by atoms with Crippen LogP contribution in [0.15, 0.2) is 22.7 Å². The highest BCUT2D eigenvalue weighted by molar-refractivity contribution is 9.10. The van der Waals surface area contributed by atoms with Crippen LogP contribution < -0.4 is 4.90 Å². The molecule has 0 fully saturated rings. The molecule has 2 rings (SSSR count). The molecule has 2 N–H and O–H groups in total. The molecular formula is C13H9BrF3N3O4. The molecule has 2 aromatic rings. The van der Waals surface area contributed by atoms with Crippen LogP contribution in [0.3, 0.4) is 0 Å². The lowest BCUT2D eigenvalue weighted by Gasteiger charge is -2.22. The van der Waals surface area contributed by atoms with E-state index in [1.165, 1.54) is 18.2 Å². The van der Waals surface area contributed by atoms with Crippen LogP contribution in [-0.2, 0) is 15.8 Å². The van der Waals surface area contributed by atoms with Crippen LogP contribution in [0.25, 0.3) is 10.9 Å². The number of halogens is 4. The molecule has 0 radical (unpaired) electrons. The van der Waals surface area contributed by atoms with Gasteiger partial charge in [0.2, 0.25) is 5.82 Å². The van der Waals surface area contributed by atoms with E-state index >= 15 is 0 Å². The number of aliphatic carboxylic acids is 2. The molecule has 0 spiro atoms. The maximum atomic E-state index is 13.0. The smallest absolute Gasteiger partial charge is 0.451 e. The molecule has 7 nitrogen and oxygen atoms in total. The zero-order chi connectivity index (χ0) is 18.1. The van der Waals surface area contributed by atoms with Crippen LogP contribution in [0, 0.1) is 0 Å². The summed E-state index contributed by atoms with van der Waals surface area (Å²) in [6, 6.07) is 4.14. The summed E-state index contributed by atoms with van der Waals surface area (Å²) >= 11 is 3.15. The van der Waals surface area contributed by atoms with Crippen molar-refractivity contribution in [2.24, 2.45) is 0 Å². The number of aromatic nitrogens is 2. The fourth-order valence-corrected chi connectivity index (χ4v) is 2.35. The fourth-order valence-electron chi connectivity index (χ4n) is 1.98. The van der Waals surface area contributed by atoms with Gasteiger partial charge >= 0.3 is 18.1 Å². The maximum absolute atomic E-state index is 13.0. The second-order valence-corrected chi connectivity index (χ2v) is 5.59. The number of carboxylic acid groups (broad SMARTS) is 2. The Labute approximate surface area is 140 Å². The number of anilines is 1. The molecule has 1 aromatic heterocycles. The largest absolute Gasteiger partial charge is 0.480 e. The van der Waals surface area contributed by atoms with Gasteiger partial charge in [-0.25, -0.2) is 9.97 Å². The van der Waals surface area contributed by atoms with Gasteiger partial charge in [0.15, 0.2) is 0 Å². The lowest BCUT2D eigenvalue weighted by molar-refractivity contribution is -0.144. The number of hydrogen-bond donors (Lipinski definition) is 2. The minimum Gasteiger partial charge on any atom is -0.480 e. The molecule has 0 bridgehead atoms. The fraction of sp³-hybridized carbons (Fsp3) is 0.231. The van der Waals surface area contributed by atoms with Gasteiger partial charge in [0, 0.05) is 9.86 Å². The average molecular weight is 408 g/mol. The highest BCUT2D eigenvalue weighted by Gasteiger charge is 2.36. The van der Waals surface area contributed by atoms with Crippen molar-refractivity contribution in [3.63, 3.8) is 0 Å². The summed E-state index contributed by atoms with van der Waals surface area (Å²) in [7, 11) is 0. The lowest BCUT2D eigenvalue weighted by atomic mass is 10.2. The van der Waals surface area contributed by atoms with Crippen LogP contribution in [0.4, 0.5) is 19.0 Å². The first-order chi connectivity index (χ1) is 11.1. The van der Waals surface area contributed by atoms with Crippen molar-refractivity contribution in [2.45, 2.75) is 6.18 Å². The van der Waals surface area contributed by atoms with Gasteiger partial charge in [-0.05, 0) is 18.2 Å². The predicted molar refractivity (Wildman–Crippen MR) is 79.7 cm³/mol. The van der Waals surface area contributed by atoms with E-state index in [1.807, 2.05) is 0 Å². The molecule has 0 aliphatic heterocycles. The van der Waals surface area contributed by atoms with E-state index in [1.54, 1.807) is 0 Å². The van der Waals surface area contributed by atoms with E-state index in [0.29, 0.717) is 4.47 Å². The van der Waals surface area contributed by atoms with Crippen molar-refractivity contribution < 1.29 is 33.0 Å². The molecule has 0 amide bonds. The lowest BCUT2D eigenvalue weighted by Crippen LogP contribution is -2.35. The molecule has 0 saturated carbocycles. The third kappa shape index (κ3) is 4.10. The van der Waals surface area contributed by atoms with E-state index in [0.717, 1.165) is 4.90 Å². The molecule has 1 heterocycles. The van der Waals surface area contributed by atoms with E-state index in [2.05, 4.69) is 25.9 Å². The number of carbonyl (C=O) groups is 2. The van der Waals surface area contributed by atoms with Gasteiger partial charge in [0.05, 0.1) is 5.52 Å². The number of hydrogen-bond acceptors (Lipinski definition) is 5. The SMILES string of the molecule is O=C(O)CN(CC(=O)O)c1nc(C(F)(F)F)nc2ccc(Br)cc12. The van der Waals surface area contributed by atoms with Crippen molar-refractivity contribution >= 4 is 44.6 Å². The molecule has 0 atom stereocenters. The third-order valence-corrected chi connectivity index (χ3v) is 3.34. The Hall–Kier alpha value is -2.43. The maximum Gasteiger partial charge on any atom is 0.451 e. The number of nitrogens with zero attached hydrogens (tertiary/aromatic N) is 3.